The highest BCUT2D eigenvalue weighted by Crippen LogP contribution is 2.17. The molecule has 0 spiro atoms. The lowest BCUT2D eigenvalue weighted by Gasteiger charge is -2.02. The molecule has 10 heteroatoms. The van der Waals surface area contributed by atoms with E-state index in [4.69, 9.17) is 23.2 Å². The minimum atomic E-state index is -0.550. The number of hydrogen-bond donors (Lipinski definition) is 2. The SMILES string of the molecule is O=C(CCCCC(=O)NN=Cc1c(F)cccc1Cl)NN=Cc1c(F)cccc1Cl. The summed E-state index contributed by atoms with van der Waals surface area (Å²) >= 11 is 11.7. The lowest BCUT2D eigenvalue weighted by atomic mass is 10.2. The summed E-state index contributed by atoms with van der Waals surface area (Å²) in [7, 11) is 0. The summed E-state index contributed by atoms with van der Waals surface area (Å²) in [6, 6.07) is 8.40. The Hall–Kier alpha value is -2.84. The number of rotatable bonds is 9. The summed E-state index contributed by atoms with van der Waals surface area (Å²) in [6.07, 6.45) is 3.37. The van der Waals surface area contributed by atoms with E-state index in [-0.39, 0.29) is 45.8 Å². The molecule has 0 fully saturated rings. The number of benzene rings is 2. The van der Waals surface area contributed by atoms with Crippen LogP contribution in [0.1, 0.15) is 36.8 Å². The first-order chi connectivity index (χ1) is 14.4. The molecule has 0 atom stereocenters. The number of nitrogens with zero attached hydrogens (tertiary/aromatic N) is 2. The monoisotopic (exact) mass is 454 g/mol. The average Bonchev–Trinajstić information content (AvgIpc) is 2.70. The highest BCUT2D eigenvalue weighted by molar-refractivity contribution is 6.33. The van der Waals surface area contributed by atoms with Crippen molar-refractivity contribution in [2.45, 2.75) is 25.7 Å². The molecule has 0 saturated heterocycles. The summed E-state index contributed by atoms with van der Waals surface area (Å²) in [5, 5.41) is 7.70. The molecule has 2 aromatic carbocycles. The molecular formula is C20H18Cl2F2N4O2. The topological polar surface area (TPSA) is 82.9 Å². The standard InChI is InChI=1S/C20H18Cl2F2N4O2/c21-15-5-3-7-17(23)13(15)11-25-27-19(29)9-1-2-10-20(30)28-26-12-14-16(22)6-4-8-18(14)24/h3-8,11-12H,1-2,9-10H2,(H,27,29)(H,28,30). The van der Waals surface area contributed by atoms with Gasteiger partial charge in [-0.2, -0.15) is 10.2 Å². The van der Waals surface area contributed by atoms with E-state index in [1.54, 1.807) is 0 Å². The number of hydrogen-bond acceptors (Lipinski definition) is 4. The molecule has 0 heterocycles. The van der Waals surface area contributed by atoms with Crippen LogP contribution in [0, 0.1) is 11.6 Å². The van der Waals surface area contributed by atoms with Gasteiger partial charge in [0.25, 0.3) is 0 Å². The third-order valence-corrected chi connectivity index (χ3v) is 4.48. The third-order valence-electron chi connectivity index (χ3n) is 3.82. The number of carbonyl (C=O) groups is 2. The lowest BCUT2D eigenvalue weighted by molar-refractivity contribution is -0.123. The van der Waals surface area contributed by atoms with E-state index in [2.05, 4.69) is 21.1 Å². The van der Waals surface area contributed by atoms with Gasteiger partial charge in [0.15, 0.2) is 0 Å². The fraction of sp³-hybridized carbons (Fsp3) is 0.200. The van der Waals surface area contributed by atoms with Gasteiger partial charge < -0.3 is 0 Å². The summed E-state index contributed by atoms with van der Waals surface area (Å²) < 4.78 is 27.1. The van der Waals surface area contributed by atoms with E-state index in [9.17, 15) is 18.4 Å². The third kappa shape index (κ3) is 7.53. The quantitative estimate of drug-likeness (QED) is 0.333. The Kier molecular flexibility index (Phi) is 9.37. The van der Waals surface area contributed by atoms with Crippen LogP contribution in [-0.2, 0) is 9.59 Å². The van der Waals surface area contributed by atoms with Crippen LogP contribution in [0.25, 0.3) is 0 Å². The van der Waals surface area contributed by atoms with Gasteiger partial charge in [-0.15, -0.1) is 0 Å². The number of nitrogens with one attached hydrogen (secondary N) is 2. The second-order valence-electron chi connectivity index (χ2n) is 6.06. The van der Waals surface area contributed by atoms with Gasteiger partial charge >= 0.3 is 0 Å². The zero-order valence-corrected chi connectivity index (χ0v) is 17.2. The zero-order chi connectivity index (χ0) is 21.9. The molecule has 0 aliphatic heterocycles. The van der Waals surface area contributed by atoms with Crippen LogP contribution in [0.4, 0.5) is 8.78 Å². The van der Waals surface area contributed by atoms with Crippen LogP contribution < -0.4 is 10.9 Å². The molecule has 0 unspecified atom stereocenters. The van der Waals surface area contributed by atoms with Crippen molar-refractivity contribution in [3.8, 4) is 0 Å². The van der Waals surface area contributed by atoms with Crippen molar-refractivity contribution in [1.29, 1.82) is 0 Å². The van der Waals surface area contributed by atoms with Gasteiger partial charge in [0.1, 0.15) is 11.6 Å². The van der Waals surface area contributed by atoms with Gasteiger partial charge in [-0.3, -0.25) is 9.59 Å². The number of carbonyl (C=O) groups excluding carboxylic acids is 2. The summed E-state index contributed by atoms with van der Waals surface area (Å²) in [5.41, 5.74) is 4.69. The number of amides is 2. The Balaban J connectivity index is 1.66. The largest absolute Gasteiger partial charge is 0.273 e. The second kappa shape index (κ2) is 12.0. The molecule has 158 valence electrons. The van der Waals surface area contributed by atoms with Gasteiger partial charge in [0.2, 0.25) is 11.8 Å². The van der Waals surface area contributed by atoms with Crippen molar-refractivity contribution in [3.05, 3.63) is 69.2 Å². The van der Waals surface area contributed by atoms with Crippen LogP contribution in [0.2, 0.25) is 10.0 Å². The van der Waals surface area contributed by atoms with Crippen LogP contribution in [0.15, 0.2) is 46.6 Å². The van der Waals surface area contributed by atoms with Crippen molar-refractivity contribution >= 4 is 47.4 Å². The maximum Gasteiger partial charge on any atom is 0.240 e. The highest BCUT2D eigenvalue weighted by atomic mass is 35.5. The Morgan fingerprint density at radius 2 is 1.20 bits per heavy atom. The maximum absolute atomic E-state index is 13.6. The van der Waals surface area contributed by atoms with Crippen LogP contribution in [0.5, 0.6) is 0 Å². The molecule has 0 aromatic heterocycles. The fourth-order valence-corrected chi connectivity index (χ4v) is 2.71. The lowest BCUT2D eigenvalue weighted by Crippen LogP contribution is -2.19. The molecule has 2 aromatic rings. The average molecular weight is 455 g/mol. The van der Waals surface area contributed by atoms with Crippen molar-refractivity contribution < 1.29 is 18.4 Å². The van der Waals surface area contributed by atoms with Gasteiger partial charge in [-0.25, -0.2) is 19.6 Å². The Labute approximate surface area is 181 Å². The predicted octanol–water partition coefficient (Wildman–Crippen LogP) is 4.43. The van der Waals surface area contributed by atoms with Gasteiger partial charge in [-0.05, 0) is 37.1 Å². The molecule has 0 saturated carbocycles. The maximum atomic E-state index is 13.6. The van der Waals surface area contributed by atoms with E-state index < -0.39 is 11.6 Å². The van der Waals surface area contributed by atoms with Crippen LogP contribution in [-0.4, -0.2) is 24.2 Å². The van der Waals surface area contributed by atoms with Crippen LogP contribution >= 0.6 is 23.2 Å². The van der Waals surface area contributed by atoms with Gasteiger partial charge in [0.05, 0.1) is 22.5 Å². The molecule has 30 heavy (non-hydrogen) atoms. The fourth-order valence-electron chi connectivity index (χ4n) is 2.29. The van der Waals surface area contributed by atoms with Gasteiger partial charge in [-0.1, -0.05) is 35.3 Å². The highest BCUT2D eigenvalue weighted by Gasteiger charge is 2.06. The molecular weight excluding hydrogens is 437 g/mol. The zero-order valence-electron chi connectivity index (χ0n) is 15.7. The van der Waals surface area contributed by atoms with E-state index in [1.807, 2.05) is 0 Å². The Morgan fingerprint density at radius 3 is 1.57 bits per heavy atom. The van der Waals surface area contributed by atoms with Crippen molar-refractivity contribution in [2.24, 2.45) is 10.2 Å². The molecule has 0 aliphatic rings. The first kappa shape index (κ1) is 23.4. The summed E-state index contributed by atoms with van der Waals surface area (Å²) in [6.45, 7) is 0. The number of hydrazone groups is 2. The molecule has 0 bridgehead atoms. The van der Waals surface area contributed by atoms with Crippen molar-refractivity contribution in [1.82, 2.24) is 10.9 Å². The number of halogens is 4. The molecule has 0 aliphatic carbocycles. The minimum absolute atomic E-state index is 0.0772. The van der Waals surface area contributed by atoms with E-state index >= 15 is 0 Å². The first-order valence-electron chi connectivity index (χ1n) is 8.90. The predicted molar refractivity (Wildman–Crippen MR) is 113 cm³/mol. The Bertz CT molecular complexity index is 850. The smallest absolute Gasteiger partial charge is 0.240 e. The number of unbranched alkanes of at least 4 members (excludes halogenated alkanes) is 1. The van der Waals surface area contributed by atoms with Gasteiger partial charge in [0, 0.05) is 24.0 Å². The molecule has 2 amide bonds. The van der Waals surface area contributed by atoms with Crippen LogP contribution in [0.3, 0.4) is 0 Å². The van der Waals surface area contributed by atoms with E-state index in [1.165, 1.54) is 36.4 Å². The Morgan fingerprint density at radius 1 is 0.800 bits per heavy atom. The van der Waals surface area contributed by atoms with E-state index in [0.29, 0.717) is 12.8 Å². The molecule has 0 radical (unpaired) electrons. The summed E-state index contributed by atoms with van der Waals surface area (Å²) in [4.78, 5) is 23.4. The second-order valence-corrected chi connectivity index (χ2v) is 6.88. The van der Waals surface area contributed by atoms with E-state index in [0.717, 1.165) is 12.4 Å². The summed E-state index contributed by atoms with van der Waals surface area (Å²) in [5.74, 6) is -1.87. The van der Waals surface area contributed by atoms with Crippen molar-refractivity contribution in [3.63, 3.8) is 0 Å². The normalized spacial score (nSPS) is 11.2. The molecule has 2 rings (SSSR count). The molecule has 6 nitrogen and oxygen atoms in total. The molecule has 2 N–H and O–H groups in total. The van der Waals surface area contributed by atoms with Crippen molar-refractivity contribution in [2.75, 3.05) is 0 Å². The minimum Gasteiger partial charge on any atom is -0.273 e. The first-order valence-corrected chi connectivity index (χ1v) is 9.66.